The minimum absolute atomic E-state index is 0.0510. The highest BCUT2D eigenvalue weighted by molar-refractivity contribution is 7.90. The normalized spacial score (nSPS) is 17.7. The monoisotopic (exact) mass is 267 g/mol. The number of fused-ring (bicyclic) bond motifs is 1. The zero-order chi connectivity index (χ0) is 13.7. The summed E-state index contributed by atoms with van der Waals surface area (Å²) in [5.74, 6) is -1.49. The standard InChI is InChI=1S/C12H13NO4S/c1-12(2,3)11(15)13-10(14)8-6-4-5-7-9(8)18(13,16)17/h4-7H,1-3H3. The van der Waals surface area contributed by atoms with E-state index < -0.39 is 27.3 Å². The predicted octanol–water partition coefficient (Wildman–Crippen LogP) is 1.40. The summed E-state index contributed by atoms with van der Waals surface area (Å²) < 4.78 is 24.7. The van der Waals surface area contributed by atoms with Crippen molar-refractivity contribution in [3.63, 3.8) is 0 Å². The quantitative estimate of drug-likeness (QED) is 0.712. The molecule has 0 aliphatic carbocycles. The van der Waals surface area contributed by atoms with Gasteiger partial charge in [-0.25, -0.2) is 8.42 Å². The first-order valence-corrected chi connectivity index (χ1v) is 6.84. The third-order valence-electron chi connectivity index (χ3n) is 2.65. The van der Waals surface area contributed by atoms with E-state index in [-0.39, 0.29) is 10.5 Å². The first-order valence-electron chi connectivity index (χ1n) is 5.40. The maximum absolute atomic E-state index is 12.2. The number of sulfonamides is 1. The van der Waals surface area contributed by atoms with Gasteiger partial charge < -0.3 is 0 Å². The molecular weight excluding hydrogens is 254 g/mol. The molecule has 2 rings (SSSR count). The molecular formula is C12H13NO4S. The molecule has 0 radical (unpaired) electrons. The summed E-state index contributed by atoms with van der Waals surface area (Å²) in [6.07, 6.45) is 0. The van der Waals surface area contributed by atoms with Gasteiger partial charge in [0.05, 0.1) is 5.56 Å². The van der Waals surface area contributed by atoms with E-state index in [9.17, 15) is 18.0 Å². The molecule has 1 heterocycles. The molecule has 0 saturated carbocycles. The molecule has 2 amide bonds. The van der Waals surface area contributed by atoms with E-state index in [1.807, 2.05) is 0 Å². The topological polar surface area (TPSA) is 71.5 Å². The third-order valence-corrected chi connectivity index (χ3v) is 4.37. The van der Waals surface area contributed by atoms with Crippen molar-refractivity contribution < 1.29 is 18.0 Å². The number of benzene rings is 1. The molecule has 0 bridgehead atoms. The molecule has 5 nitrogen and oxygen atoms in total. The molecule has 0 unspecified atom stereocenters. The Morgan fingerprint density at radius 2 is 1.72 bits per heavy atom. The second-order valence-electron chi connectivity index (χ2n) is 5.13. The van der Waals surface area contributed by atoms with Crippen molar-refractivity contribution in [2.45, 2.75) is 25.7 Å². The van der Waals surface area contributed by atoms with Gasteiger partial charge in [0, 0.05) is 5.41 Å². The Balaban J connectivity index is 2.63. The van der Waals surface area contributed by atoms with Crippen LogP contribution in [0.4, 0.5) is 0 Å². The number of nitrogens with zero attached hydrogens (tertiary/aromatic N) is 1. The predicted molar refractivity (Wildman–Crippen MR) is 64.3 cm³/mol. The van der Waals surface area contributed by atoms with Gasteiger partial charge >= 0.3 is 0 Å². The lowest BCUT2D eigenvalue weighted by atomic mass is 9.95. The van der Waals surface area contributed by atoms with Gasteiger partial charge in [-0.3, -0.25) is 9.59 Å². The molecule has 6 heteroatoms. The number of carbonyl (C=O) groups excluding carboxylic acids is 2. The van der Waals surface area contributed by atoms with E-state index in [4.69, 9.17) is 0 Å². The minimum Gasteiger partial charge on any atom is -0.273 e. The zero-order valence-electron chi connectivity index (χ0n) is 10.3. The summed E-state index contributed by atoms with van der Waals surface area (Å²) >= 11 is 0. The van der Waals surface area contributed by atoms with Gasteiger partial charge in [0.25, 0.3) is 15.9 Å². The third kappa shape index (κ3) is 1.64. The fourth-order valence-corrected chi connectivity index (χ4v) is 3.38. The molecule has 0 aromatic heterocycles. The Morgan fingerprint density at radius 1 is 1.17 bits per heavy atom. The summed E-state index contributed by atoms with van der Waals surface area (Å²) in [6.45, 7) is 4.71. The van der Waals surface area contributed by atoms with Crippen molar-refractivity contribution >= 4 is 21.8 Å². The average molecular weight is 267 g/mol. The Bertz CT molecular complexity index is 640. The minimum atomic E-state index is -4.04. The number of imide groups is 1. The van der Waals surface area contributed by atoms with Gasteiger partial charge in [-0.1, -0.05) is 32.9 Å². The van der Waals surface area contributed by atoms with Crippen molar-refractivity contribution in [2.24, 2.45) is 5.41 Å². The highest BCUT2D eigenvalue weighted by Gasteiger charge is 2.47. The lowest BCUT2D eigenvalue weighted by Crippen LogP contribution is -2.43. The fraction of sp³-hybridized carbons (Fsp3) is 0.333. The Labute approximate surface area is 105 Å². The Hall–Kier alpha value is -1.69. The number of rotatable bonds is 0. The van der Waals surface area contributed by atoms with Crippen LogP contribution in [0.5, 0.6) is 0 Å². The Morgan fingerprint density at radius 3 is 2.22 bits per heavy atom. The first-order chi connectivity index (χ1) is 8.17. The lowest BCUT2D eigenvalue weighted by Gasteiger charge is -2.22. The van der Waals surface area contributed by atoms with Crippen LogP contribution in [0.2, 0.25) is 0 Å². The molecule has 1 aromatic carbocycles. The van der Waals surface area contributed by atoms with Crippen molar-refractivity contribution in [1.82, 2.24) is 4.31 Å². The number of hydrogen-bond acceptors (Lipinski definition) is 4. The molecule has 1 aliphatic heterocycles. The molecule has 0 N–H and O–H groups in total. The van der Waals surface area contributed by atoms with E-state index in [0.29, 0.717) is 4.31 Å². The molecule has 0 saturated heterocycles. The van der Waals surface area contributed by atoms with Crippen molar-refractivity contribution in [3.05, 3.63) is 29.8 Å². The largest absolute Gasteiger partial charge is 0.276 e. The number of hydrogen-bond donors (Lipinski definition) is 0. The Kier molecular flexibility index (Phi) is 2.59. The van der Waals surface area contributed by atoms with Crippen LogP contribution in [-0.2, 0) is 14.8 Å². The van der Waals surface area contributed by atoms with Crippen LogP contribution in [-0.4, -0.2) is 24.5 Å². The van der Waals surface area contributed by atoms with Crippen LogP contribution in [0.3, 0.4) is 0 Å². The highest BCUT2D eigenvalue weighted by Crippen LogP contribution is 2.33. The fourth-order valence-electron chi connectivity index (χ4n) is 1.69. The molecule has 0 atom stereocenters. The summed E-state index contributed by atoms with van der Waals surface area (Å²) in [7, 11) is -4.04. The van der Waals surface area contributed by atoms with E-state index in [0.717, 1.165) is 0 Å². The van der Waals surface area contributed by atoms with Gasteiger partial charge in [-0.15, -0.1) is 0 Å². The van der Waals surface area contributed by atoms with Crippen LogP contribution in [0, 0.1) is 5.41 Å². The molecule has 1 aliphatic rings. The summed E-state index contributed by atoms with van der Waals surface area (Å²) in [5.41, 5.74) is -0.889. The van der Waals surface area contributed by atoms with E-state index in [2.05, 4.69) is 0 Å². The van der Waals surface area contributed by atoms with Gasteiger partial charge in [0.15, 0.2) is 0 Å². The molecule has 0 spiro atoms. The van der Waals surface area contributed by atoms with Gasteiger partial charge in [-0.2, -0.15) is 4.31 Å². The SMILES string of the molecule is CC(C)(C)C(=O)N1C(=O)c2ccccc2S1(=O)=O. The maximum atomic E-state index is 12.2. The summed E-state index contributed by atoms with van der Waals surface area (Å²) in [6, 6.07) is 5.83. The molecule has 96 valence electrons. The van der Waals surface area contributed by atoms with Gasteiger partial charge in [0.2, 0.25) is 5.91 Å². The average Bonchev–Trinajstić information content (AvgIpc) is 2.46. The maximum Gasteiger partial charge on any atom is 0.276 e. The molecule has 1 aromatic rings. The van der Waals surface area contributed by atoms with Crippen LogP contribution < -0.4 is 0 Å². The molecule has 0 fully saturated rings. The van der Waals surface area contributed by atoms with Crippen molar-refractivity contribution in [1.29, 1.82) is 0 Å². The van der Waals surface area contributed by atoms with Crippen molar-refractivity contribution in [3.8, 4) is 0 Å². The second-order valence-corrected chi connectivity index (χ2v) is 6.88. The van der Waals surface area contributed by atoms with Gasteiger partial charge in [-0.05, 0) is 12.1 Å². The summed E-state index contributed by atoms with van der Waals surface area (Å²) in [5, 5.41) is 0. The smallest absolute Gasteiger partial charge is 0.273 e. The second kappa shape index (κ2) is 3.65. The van der Waals surface area contributed by atoms with Crippen LogP contribution in [0.15, 0.2) is 29.2 Å². The van der Waals surface area contributed by atoms with Crippen LogP contribution in [0.1, 0.15) is 31.1 Å². The number of carbonyl (C=O) groups is 2. The molecule has 18 heavy (non-hydrogen) atoms. The highest BCUT2D eigenvalue weighted by atomic mass is 32.2. The first kappa shape index (κ1) is 12.8. The van der Waals surface area contributed by atoms with Gasteiger partial charge in [0.1, 0.15) is 4.90 Å². The lowest BCUT2D eigenvalue weighted by molar-refractivity contribution is -0.132. The van der Waals surface area contributed by atoms with Crippen molar-refractivity contribution in [2.75, 3.05) is 0 Å². The van der Waals surface area contributed by atoms with Crippen LogP contribution >= 0.6 is 0 Å². The zero-order valence-corrected chi connectivity index (χ0v) is 11.1. The van der Waals surface area contributed by atoms with E-state index in [1.165, 1.54) is 18.2 Å². The number of amides is 2. The summed E-state index contributed by atoms with van der Waals surface area (Å²) in [4.78, 5) is 24.0. The van der Waals surface area contributed by atoms with E-state index >= 15 is 0 Å². The van der Waals surface area contributed by atoms with E-state index in [1.54, 1.807) is 26.8 Å². The van der Waals surface area contributed by atoms with Crippen LogP contribution in [0.25, 0.3) is 0 Å².